The van der Waals surface area contributed by atoms with Crippen LogP contribution in [0.4, 0.5) is 22.0 Å². The number of rotatable bonds is 7. The average molecular weight is 421 g/mol. The van der Waals surface area contributed by atoms with Crippen LogP contribution >= 0.6 is 0 Å². The first-order valence-corrected chi connectivity index (χ1v) is 8.42. The number of alkyl halides is 5. The van der Waals surface area contributed by atoms with E-state index in [1.807, 2.05) is 0 Å². The van der Waals surface area contributed by atoms with Crippen molar-refractivity contribution in [2.75, 3.05) is 6.61 Å². The van der Waals surface area contributed by atoms with E-state index in [1.165, 1.54) is 38.1 Å². The molecule has 0 saturated carbocycles. The zero-order chi connectivity index (χ0) is 21.3. The molecule has 0 saturated heterocycles. The molecule has 0 spiro atoms. The van der Waals surface area contributed by atoms with Crippen LogP contribution < -0.4 is 4.74 Å². The summed E-state index contributed by atoms with van der Waals surface area (Å²) in [6.45, 7) is 1.67. The summed E-state index contributed by atoms with van der Waals surface area (Å²) in [6.07, 6.45) is -10.5. The lowest BCUT2D eigenvalue weighted by Crippen LogP contribution is -2.52. The summed E-state index contributed by atoms with van der Waals surface area (Å²) in [5.74, 6) is -2.06. The lowest BCUT2D eigenvalue weighted by molar-refractivity contribution is -0.259. The lowest BCUT2D eigenvalue weighted by Gasteiger charge is -2.29. The van der Waals surface area contributed by atoms with Crippen LogP contribution in [-0.4, -0.2) is 48.2 Å². The Morgan fingerprint density at radius 2 is 1.63 bits per heavy atom. The number of aliphatic hydroxyl groups is 1. The van der Waals surface area contributed by atoms with Gasteiger partial charge in [-0.25, -0.2) is 13.2 Å². The number of hydrogen-bond acceptors (Lipinski definition) is 7. The highest BCUT2D eigenvalue weighted by Crippen LogP contribution is 2.38. The van der Waals surface area contributed by atoms with Crippen LogP contribution in [0.5, 0.6) is 5.75 Å². The monoisotopic (exact) mass is 421 g/mol. The lowest BCUT2D eigenvalue weighted by atomic mass is 9.99. The highest BCUT2D eigenvalue weighted by atomic mass is 32.2. The van der Waals surface area contributed by atoms with Crippen molar-refractivity contribution in [2.24, 2.45) is 0 Å². The molecule has 0 radical (unpaired) electrons. The van der Waals surface area contributed by atoms with Gasteiger partial charge in [0.25, 0.3) is 6.10 Å². The second-order valence-corrected chi connectivity index (χ2v) is 7.25. The number of halogens is 5. The van der Waals surface area contributed by atoms with Crippen molar-refractivity contribution >= 4 is 16.1 Å². The van der Waals surface area contributed by atoms with E-state index in [-0.39, 0.29) is 5.75 Å². The molecule has 0 aliphatic rings. The van der Waals surface area contributed by atoms with Crippen LogP contribution in [0.1, 0.15) is 19.4 Å². The van der Waals surface area contributed by atoms with Gasteiger partial charge in [-0.15, -0.1) is 0 Å². The Labute approximate surface area is 150 Å². The van der Waals surface area contributed by atoms with Crippen molar-refractivity contribution < 1.29 is 54.3 Å². The van der Waals surface area contributed by atoms with E-state index in [9.17, 15) is 44.8 Å². The van der Waals surface area contributed by atoms with E-state index in [0.717, 1.165) is 0 Å². The summed E-state index contributed by atoms with van der Waals surface area (Å²) in [5, 5.41) is 3.83. The second kappa shape index (κ2) is 7.56. The molecule has 1 aromatic carbocycles. The molecule has 154 valence electrons. The van der Waals surface area contributed by atoms with Gasteiger partial charge < -0.3 is 19.1 Å². The first-order chi connectivity index (χ1) is 12.0. The molecule has 0 aliphatic heterocycles. The molecule has 1 rings (SSSR count). The van der Waals surface area contributed by atoms with Crippen molar-refractivity contribution in [3.8, 4) is 5.75 Å². The Balaban J connectivity index is 2.84. The summed E-state index contributed by atoms with van der Waals surface area (Å²) < 4.78 is 104. The first-order valence-electron chi connectivity index (χ1n) is 7.01. The van der Waals surface area contributed by atoms with E-state index in [2.05, 4.69) is 4.74 Å². The maximum atomic E-state index is 13.2. The van der Waals surface area contributed by atoms with Gasteiger partial charge in [-0.1, -0.05) is 12.1 Å². The molecule has 1 N–H and O–H groups in total. The number of carbonyl (C=O) groups is 1. The third-order valence-corrected chi connectivity index (χ3v) is 3.98. The molecular weight excluding hydrogens is 407 g/mol. The van der Waals surface area contributed by atoms with Crippen molar-refractivity contribution in [1.82, 2.24) is 0 Å². The van der Waals surface area contributed by atoms with Crippen LogP contribution in [0, 0.1) is 0 Å². The molecule has 27 heavy (non-hydrogen) atoms. The van der Waals surface area contributed by atoms with Crippen molar-refractivity contribution in [2.45, 2.75) is 37.0 Å². The predicted molar refractivity (Wildman–Crippen MR) is 77.8 cm³/mol. The molecule has 1 unspecified atom stereocenters. The molecule has 0 amide bonds. The van der Waals surface area contributed by atoms with Crippen LogP contribution in [0.2, 0.25) is 0 Å². The normalized spacial score (nSPS) is 14.6. The van der Waals surface area contributed by atoms with Gasteiger partial charge in [0.2, 0.25) is 0 Å². The molecule has 0 bridgehead atoms. The predicted octanol–water partition coefficient (Wildman–Crippen LogP) is 1.90. The van der Waals surface area contributed by atoms with E-state index in [0.29, 0.717) is 5.56 Å². The van der Waals surface area contributed by atoms with Gasteiger partial charge in [0.15, 0.2) is 16.7 Å². The van der Waals surface area contributed by atoms with E-state index < -0.39 is 45.8 Å². The summed E-state index contributed by atoms with van der Waals surface area (Å²) in [6, 6.07) is 5.21. The maximum absolute atomic E-state index is 13.2. The quantitative estimate of drug-likeness (QED) is 0.406. The van der Waals surface area contributed by atoms with Gasteiger partial charge in [-0.2, -0.15) is 22.0 Å². The van der Waals surface area contributed by atoms with E-state index in [1.54, 1.807) is 0 Å². The highest BCUT2D eigenvalue weighted by Gasteiger charge is 2.62. The molecule has 0 fully saturated rings. The number of ether oxygens (including phenoxy) is 2. The van der Waals surface area contributed by atoms with Gasteiger partial charge in [0, 0.05) is 0 Å². The summed E-state index contributed by atoms with van der Waals surface area (Å²) in [4.78, 5) is 11.4. The van der Waals surface area contributed by atoms with Crippen LogP contribution in [0.15, 0.2) is 24.3 Å². The third-order valence-electron chi connectivity index (χ3n) is 3.10. The highest BCUT2D eigenvalue weighted by molar-refractivity contribution is 7.86. The molecule has 1 atom stereocenters. The topological polar surface area (TPSA) is 113 Å². The average Bonchev–Trinajstić information content (AvgIpc) is 2.47. The molecule has 0 aromatic heterocycles. The number of carbonyl (C=O) groups excluding carboxylic acids is 1. The second-order valence-electron chi connectivity index (χ2n) is 5.80. The Hall–Kier alpha value is -1.99. The molecule has 1 aromatic rings. The molecule has 7 nitrogen and oxygen atoms in total. The number of hydrogen-bond donors (Lipinski definition) is 1. The molecular formula is C14H14F5O7S-. The number of benzene rings is 1. The van der Waals surface area contributed by atoms with Crippen LogP contribution in [-0.2, 0) is 25.3 Å². The fourth-order valence-electron chi connectivity index (χ4n) is 1.72. The Morgan fingerprint density at radius 3 is 2.00 bits per heavy atom. The fourth-order valence-corrected chi connectivity index (χ4v) is 2.17. The van der Waals surface area contributed by atoms with Crippen LogP contribution in [0.25, 0.3) is 0 Å². The third kappa shape index (κ3) is 6.01. The first kappa shape index (κ1) is 23.0. The standard InChI is InChI=1S/C14H15F5O7S/c1-12(2,21)8-3-5-9(6-4-8)25-7-10(20)26-11(13(15,16)17)14(18,19)27(22,23)24/h3-6,11,21H,7H2,1-2H3,(H,22,23,24)/p-1. The smallest absolute Gasteiger partial charge is 0.432 e. The molecule has 0 aliphatic carbocycles. The SMILES string of the molecule is CC(C)(O)c1ccc(OCC(=O)OC(C(F)(F)F)C(F)(F)S(=O)(=O)[O-])cc1. The largest absolute Gasteiger partial charge is 0.743 e. The fraction of sp³-hybridized carbons (Fsp3) is 0.500. The minimum atomic E-state index is -6.76. The zero-order valence-corrected chi connectivity index (χ0v) is 14.6. The van der Waals surface area contributed by atoms with E-state index >= 15 is 0 Å². The van der Waals surface area contributed by atoms with Gasteiger partial charge in [-0.3, -0.25) is 0 Å². The minimum Gasteiger partial charge on any atom is -0.743 e. The zero-order valence-electron chi connectivity index (χ0n) is 13.8. The van der Waals surface area contributed by atoms with Crippen molar-refractivity contribution in [1.29, 1.82) is 0 Å². The Morgan fingerprint density at radius 1 is 1.15 bits per heavy atom. The van der Waals surface area contributed by atoms with Crippen molar-refractivity contribution in [3.63, 3.8) is 0 Å². The molecule has 0 heterocycles. The van der Waals surface area contributed by atoms with Crippen molar-refractivity contribution in [3.05, 3.63) is 29.8 Å². The van der Waals surface area contributed by atoms with E-state index in [4.69, 9.17) is 4.74 Å². The minimum absolute atomic E-state index is 0.0771. The molecule has 13 heteroatoms. The summed E-state index contributed by atoms with van der Waals surface area (Å²) in [7, 11) is -6.76. The summed E-state index contributed by atoms with van der Waals surface area (Å²) >= 11 is 0. The number of esters is 1. The summed E-state index contributed by atoms with van der Waals surface area (Å²) in [5.41, 5.74) is -0.762. The van der Waals surface area contributed by atoms with Gasteiger partial charge in [0.05, 0.1) is 5.60 Å². The van der Waals surface area contributed by atoms with Gasteiger partial charge in [0.1, 0.15) is 5.75 Å². The van der Waals surface area contributed by atoms with Gasteiger partial charge in [-0.05, 0) is 31.5 Å². The Bertz CT molecular complexity index is 767. The Kier molecular flexibility index (Phi) is 6.45. The van der Waals surface area contributed by atoms with Gasteiger partial charge >= 0.3 is 17.4 Å². The van der Waals surface area contributed by atoms with Crippen LogP contribution in [0.3, 0.4) is 0 Å². The maximum Gasteiger partial charge on any atom is 0.432 e.